The Morgan fingerprint density at radius 3 is 2.87 bits per heavy atom. The number of aliphatic hydroxyl groups is 1. The topological polar surface area (TPSA) is 81.6 Å². The molecule has 1 aromatic carbocycles. The van der Waals surface area contributed by atoms with Gasteiger partial charge in [-0.3, -0.25) is 0 Å². The van der Waals surface area contributed by atoms with Crippen LogP contribution in [0, 0.1) is 18.7 Å². The highest BCUT2D eigenvalue weighted by Gasteiger charge is 2.38. The van der Waals surface area contributed by atoms with E-state index in [4.69, 9.17) is 5.11 Å². The van der Waals surface area contributed by atoms with Crippen LogP contribution in [-0.2, 0) is 5.60 Å². The molecule has 0 aliphatic carbocycles. The van der Waals surface area contributed by atoms with Crippen LogP contribution in [-0.4, -0.2) is 35.9 Å². The van der Waals surface area contributed by atoms with E-state index in [1.807, 2.05) is 6.07 Å². The quantitative estimate of drug-likeness (QED) is 0.606. The minimum absolute atomic E-state index is 0.0118. The van der Waals surface area contributed by atoms with Crippen molar-refractivity contribution in [3.05, 3.63) is 35.1 Å². The maximum absolute atomic E-state index is 13.8. The van der Waals surface area contributed by atoms with Gasteiger partial charge in [0.1, 0.15) is 5.82 Å². The number of hydrogen-bond donors (Lipinski definition) is 4. The molecular weight excluding hydrogens is 299 g/mol. The van der Waals surface area contributed by atoms with E-state index in [0.29, 0.717) is 24.9 Å². The second-order valence-corrected chi connectivity index (χ2v) is 6.32. The summed E-state index contributed by atoms with van der Waals surface area (Å²) in [6.45, 7) is 3.68. The summed E-state index contributed by atoms with van der Waals surface area (Å²) in [5.41, 5.74) is 0.199. The van der Waals surface area contributed by atoms with E-state index in [1.54, 1.807) is 6.92 Å². The number of aryl methyl sites for hydroxylation is 1. The van der Waals surface area contributed by atoms with Crippen LogP contribution in [0.2, 0.25) is 0 Å². The summed E-state index contributed by atoms with van der Waals surface area (Å²) in [6.07, 6.45) is 1.65. The van der Waals surface area contributed by atoms with Crippen LogP contribution >= 0.6 is 0 Å². The molecule has 6 heteroatoms. The highest BCUT2D eigenvalue weighted by atomic mass is 19.1. The molecule has 1 heterocycles. The largest absolute Gasteiger partial charge is 0.465 e. The molecule has 0 bridgehead atoms. The Kier molecular flexibility index (Phi) is 5.96. The second-order valence-electron chi connectivity index (χ2n) is 6.32. The van der Waals surface area contributed by atoms with E-state index < -0.39 is 11.7 Å². The molecule has 1 saturated heterocycles. The highest BCUT2D eigenvalue weighted by molar-refractivity contribution is 5.64. The van der Waals surface area contributed by atoms with Crippen molar-refractivity contribution in [2.45, 2.75) is 38.2 Å². The van der Waals surface area contributed by atoms with Crippen molar-refractivity contribution in [3.63, 3.8) is 0 Å². The molecule has 1 aliphatic heterocycles. The number of piperidine rings is 1. The second kappa shape index (κ2) is 7.75. The van der Waals surface area contributed by atoms with Gasteiger partial charge in [0, 0.05) is 19.0 Å². The zero-order valence-electron chi connectivity index (χ0n) is 13.4. The van der Waals surface area contributed by atoms with E-state index in [-0.39, 0.29) is 18.3 Å². The first-order chi connectivity index (χ1) is 10.9. The zero-order valence-corrected chi connectivity index (χ0v) is 13.4. The fourth-order valence-corrected chi connectivity index (χ4v) is 3.38. The first kappa shape index (κ1) is 17.7. The molecule has 0 saturated carbocycles. The van der Waals surface area contributed by atoms with Gasteiger partial charge in [-0.1, -0.05) is 6.07 Å². The number of hydrogen-bond acceptors (Lipinski definition) is 3. The van der Waals surface area contributed by atoms with Crippen molar-refractivity contribution in [1.82, 2.24) is 10.6 Å². The van der Waals surface area contributed by atoms with E-state index in [9.17, 15) is 14.3 Å². The van der Waals surface area contributed by atoms with Gasteiger partial charge < -0.3 is 20.8 Å². The summed E-state index contributed by atoms with van der Waals surface area (Å²) in [7, 11) is 0. The third-order valence-electron chi connectivity index (χ3n) is 4.53. The molecule has 1 aliphatic rings. The van der Waals surface area contributed by atoms with Gasteiger partial charge in [-0.05, 0) is 62.4 Å². The van der Waals surface area contributed by atoms with Crippen molar-refractivity contribution < 1.29 is 19.4 Å². The number of rotatable bonds is 6. The fraction of sp³-hybridized carbons (Fsp3) is 0.588. The van der Waals surface area contributed by atoms with Crippen molar-refractivity contribution in [2.24, 2.45) is 5.92 Å². The van der Waals surface area contributed by atoms with Crippen LogP contribution in [0.25, 0.3) is 0 Å². The smallest absolute Gasteiger partial charge is 0.404 e. The van der Waals surface area contributed by atoms with Crippen molar-refractivity contribution in [1.29, 1.82) is 0 Å². The van der Waals surface area contributed by atoms with Gasteiger partial charge in [-0.15, -0.1) is 0 Å². The number of carboxylic acid groups (broad SMARTS) is 1. The molecule has 2 rings (SSSR count). The van der Waals surface area contributed by atoms with Gasteiger partial charge in [0.05, 0.1) is 5.60 Å². The molecule has 1 aromatic rings. The molecule has 1 fully saturated rings. The van der Waals surface area contributed by atoms with Gasteiger partial charge in [0.2, 0.25) is 0 Å². The third-order valence-corrected chi connectivity index (χ3v) is 4.53. The van der Waals surface area contributed by atoms with Crippen LogP contribution in [0.15, 0.2) is 18.2 Å². The van der Waals surface area contributed by atoms with Gasteiger partial charge >= 0.3 is 6.09 Å². The zero-order chi connectivity index (χ0) is 16.9. The lowest BCUT2D eigenvalue weighted by atomic mass is 9.74. The first-order valence-electron chi connectivity index (χ1n) is 8.09. The maximum atomic E-state index is 13.8. The minimum Gasteiger partial charge on any atom is -0.465 e. The normalized spacial score (nSPS) is 20.7. The first-order valence-corrected chi connectivity index (χ1v) is 8.09. The summed E-state index contributed by atoms with van der Waals surface area (Å²) in [5, 5.41) is 25.6. The van der Waals surface area contributed by atoms with Crippen molar-refractivity contribution in [3.8, 4) is 0 Å². The maximum Gasteiger partial charge on any atom is 0.404 e. The molecule has 2 atom stereocenters. The van der Waals surface area contributed by atoms with Crippen LogP contribution in [0.5, 0.6) is 0 Å². The Morgan fingerprint density at radius 1 is 1.48 bits per heavy atom. The Labute approximate surface area is 135 Å². The lowest BCUT2D eigenvalue weighted by Crippen LogP contribution is -2.44. The summed E-state index contributed by atoms with van der Waals surface area (Å²) < 4.78 is 13.8. The Balaban J connectivity index is 2.20. The minimum atomic E-state index is -1.15. The lowest BCUT2D eigenvalue weighted by Gasteiger charge is -2.39. The van der Waals surface area contributed by atoms with Gasteiger partial charge in [-0.25, -0.2) is 9.18 Å². The predicted molar refractivity (Wildman–Crippen MR) is 85.9 cm³/mol. The van der Waals surface area contributed by atoms with E-state index in [2.05, 4.69) is 10.6 Å². The highest BCUT2D eigenvalue weighted by Crippen LogP contribution is 2.38. The lowest BCUT2D eigenvalue weighted by molar-refractivity contribution is -0.0423. The monoisotopic (exact) mass is 324 g/mol. The van der Waals surface area contributed by atoms with Crippen LogP contribution in [0.4, 0.5) is 9.18 Å². The van der Waals surface area contributed by atoms with E-state index in [1.165, 1.54) is 12.1 Å². The van der Waals surface area contributed by atoms with E-state index in [0.717, 1.165) is 24.9 Å². The SMILES string of the molecule is Cc1cc(F)cc(C(O)(CCCNC(=O)O)C2CCCNC2)c1. The fourth-order valence-electron chi connectivity index (χ4n) is 3.38. The van der Waals surface area contributed by atoms with Crippen LogP contribution in [0.1, 0.15) is 36.8 Å². The van der Waals surface area contributed by atoms with Gasteiger partial charge in [0.25, 0.3) is 0 Å². The number of benzene rings is 1. The molecular formula is C17H25FN2O3. The third kappa shape index (κ3) is 4.65. The molecule has 0 radical (unpaired) electrons. The summed E-state index contributed by atoms with van der Waals surface area (Å²) in [4.78, 5) is 10.6. The molecule has 23 heavy (non-hydrogen) atoms. The summed E-state index contributed by atoms with van der Waals surface area (Å²) in [6, 6.07) is 4.66. The number of carbonyl (C=O) groups is 1. The Bertz CT molecular complexity index is 526. The van der Waals surface area contributed by atoms with Gasteiger partial charge in [0.15, 0.2) is 0 Å². The molecule has 0 spiro atoms. The number of amides is 1. The average molecular weight is 324 g/mol. The number of nitrogens with one attached hydrogen (secondary N) is 2. The molecule has 128 valence electrons. The molecule has 2 unspecified atom stereocenters. The predicted octanol–water partition coefficient (Wildman–Crippen LogP) is 2.37. The average Bonchev–Trinajstić information content (AvgIpc) is 2.51. The van der Waals surface area contributed by atoms with Crippen LogP contribution in [0.3, 0.4) is 0 Å². The van der Waals surface area contributed by atoms with Crippen molar-refractivity contribution in [2.75, 3.05) is 19.6 Å². The molecule has 5 nitrogen and oxygen atoms in total. The van der Waals surface area contributed by atoms with Crippen LogP contribution < -0.4 is 10.6 Å². The standard InChI is InChI=1S/C17H25FN2O3/c1-12-8-14(10-15(18)9-12)17(23,5-3-7-20-16(21)22)13-4-2-6-19-11-13/h8-10,13,19-20,23H,2-7,11H2,1H3,(H,21,22). The van der Waals surface area contributed by atoms with Crippen molar-refractivity contribution >= 4 is 6.09 Å². The number of halogens is 1. The Hall–Kier alpha value is -1.66. The molecule has 1 amide bonds. The summed E-state index contributed by atoms with van der Waals surface area (Å²) in [5.74, 6) is -0.367. The van der Waals surface area contributed by atoms with E-state index >= 15 is 0 Å². The Morgan fingerprint density at radius 2 is 2.26 bits per heavy atom. The summed E-state index contributed by atoms with van der Waals surface area (Å²) >= 11 is 0. The molecule has 0 aromatic heterocycles. The molecule has 4 N–H and O–H groups in total. The van der Waals surface area contributed by atoms with Gasteiger partial charge in [-0.2, -0.15) is 0 Å².